The molecule has 1 amide bonds. The molecule has 3 nitrogen and oxygen atoms in total. The fourth-order valence-corrected chi connectivity index (χ4v) is 2.65. The molecule has 2 aromatic carbocycles. The minimum Gasteiger partial charge on any atom is -0.352 e. The van der Waals surface area contributed by atoms with Gasteiger partial charge in [-0.3, -0.25) is 4.79 Å². The van der Waals surface area contributed by atoms with Crippen molar-refractivity contribution in [1.29, 1.82) is 0 Å². The van der Waals surface area contributed by atoms with Gasteiger partial charge in [0.2, 0.25) is 0 Å². The van der Waals surface area contributed by atoms with Crippen molar-refractivity contribution in [2.45, 2.75) is 18.9 Å². The van der Waals surface area contributed by atoms with Gasteiger partial charge in [0.05, 0.1) is 6.04 Å². The Labute approximate surface area is 118 Å². The molecule has 0 spiro atoms. The highest BCUT2D eigenvalue weighted by atomic mass is 16.1. The summed E-state index contributed by atoms with van der Waals surface area (Å²) in [5.41, 5.74) is 10.2. The van der Waals surface area contributed by atoms with Crippen molar-refractivity contribution < 1.29 is 4.79 Å². The fourth-order valence-electron chi connectivity index (χ4n) is 2.65. The van der Waals surface area contributed by atoms with Gasteiger partial charge in [-0.05, 0) is 35.6 Å². The van der Waals surface area contributed by atoms with Crippen LogP contribution in [-0.4, -0.2) is 12.5 Å². The lowest BCUT2D eigenvalue weighted by molar-refractivity contribution is 0.0956. The molecule has 102 valence electrons. The molecule has 3 heteroatoms. The molecular formula is C17H18N2O. The zero-order chi connectivity index (χ0) is 13.9. The lowest BCUT2D eigenvalue weighted by atomic mass is 9.94. The summed E-state index contributed by atoms with van der Waals surface area (Å²) in [4.78, 5) is 12.1. The third-order valence-electron chi connectivity index (χ3n) is 3.80. The topological polar surface area (TPSA) is 55.1 Å². The van der Waals surface area contributed by atoms with Gasteiger partial charge in [-0.15, -0.1) is 0 Å². The summed E-state index contributed by atoms with van der Waals surface area (Å²) in [6.07, 6.45) is 1.93. The largest absolute Gasteiger partial charge is 0.352 e. The Hall–Kier alpha value is -2.13. The van der Waals surface area contributed by atoms with Crippen LogP contribution in [0.4, 0.5) is 0 Å². The van der Waals surface area contributed by atoms with Crippen LogP contribution in [0.3, 0.4) is 0 Å². The van der Waals surface area contributed by atoms with E-state index >= 15 is 0 Å². The molecule has 0 aliphatic carbocycles. The number of hydrogen-bond acceptors (Lipinski definition) is 2. The van der Waals surface area contributed by atoms with Gasteiger partial charge < -0.3 is 11.1 Å². The third kappa shape index (κ3) is 2.45. The molecule has 0 fully saturated rings. The maximum Gasteiger partial charge on any atom is 0.251 e. The summed E-state index contributed by atoms with van der Waals surface area (Å²) in [5.74, 6) is 0.0135. The van der Waals surface area contributed by atoms with Crippen molar-refractivity contribution in [2.75, 3.05) is 6.54 Å². The smallest absolute Gasteiger partial charge is 0.251 e. The SMILES string of the molecule is NC(c1ccccc1)c1ccc2c(c1)C(=O)NCCC2. The molecule has 1 heterocycles. The van der Waals surface area contributed by atoms with Gasteiger partial charge >= 0.3 is 0 Å². The van der Waals surface area contributed by atoms with Gasteiger partial charge in [-0.1, -0.05) is 42.5 Å². The van der Waals surface area contributed by atoms with E-state index in [2.05, 4.69) is 5.32 Å². The molecule has 0 radical (unpaired) electrons. The minimum atomic E-state index is -0.197. The number of rotatable bonds is 2. The minimum absolute atomic E-state index is 0.0135. The highest BCUT2D eigenvalue weighted by molar-refractivity contribution is 5.96. The summed E-state index contributed by atoms with van der Waals surface area (Å²) < 4.78 is 0. The molecule has 0 bridgehead atoms. The van der Waals surface area contributed by atoms with Crippen LogP contribution in [0.15, 0.2) is 48.5 Å². The van der Waals surface area contributed by atoms with E-state index in [-0.39, 0.29) is 11.9 Å². The summed E-state index contributed by atoms with van der Waals surface area (Å²) in [6, 6.07) is 15.8. The van der Waals surface area contributed by atoms with Crippen LogP contribution in [0.5, 0.6) is 0 Å². The van der Waals surface area contributed by atoms with Crippen LogP contribution in [0.25, 0.3) is 0 Å². The first kappa shape index (κ1) is 12.9. The molecule has 0 saturated heterocycles. The Balaban J connectivity index is 1.98. The van der Waals surface area contributed by atoms with Gasteiger partial charge in [-0.2, -0.15) is 0 Å². The van der Waals surface area contributed by atoms with Crippen molar-refractivity contribution in [3.05, 3.63) is 70.8 Å². The number of fused-ring (bicyclic) bond motifs is 1. The zero-order valence-corrected chi connectivity index (χ0v) is 11.3. The van der Waals surface area contributed by atoms with Crippen LogP contribution < -0.4 is 11.1 Å². The van der Waals surface area contributed by atoms with Crippen LogP contribution >= 0.6 is 0 Å². The number of hydrogen-bond donors (Lipinski definition) is 2. The fraction of sp³-hybridized carbons (Fsp3) is 0.235. The molecule has 1 atom stereocenters. The van der Waals surface area contributed by atoms with Gasteiger partial charge in [-0.25, -0.2) is 0 Å². The molecule has 0 saturated carbocycles. The third-order valence-corrected chi connectivity index (χ3v) is 3.80. The van der Waals surface area contributed by atoms with E-state index in [1.54, 1.807) is 0 Å². The maximum atomic E-state index is 12.1. The average molecular weight is 266 g/mol. The standard InChI is InChI=1S/C17H18N2O/c18-16(13-5-2-1-3-6-13)14-9-8-12-7-4-10-19-17(20)15(12)11-14/h1-3,5-6,8-9,11,16H,4,7,10,18H2,(H,19,20). The Morgan fingerprint density at radius 1 is 1.05 bits per heavy atom. The lowest BCUT2D eigenvalue weighted by Gasteiger charge is -2.15. The molecule has 3 rings (SSSR count). The first-order valence-electron chi connectivity index (χ1n) is 6.97. The van der Waals surface area contributed by atoms with Gasteiger partial charge in [0.25, 0.3) is 5.91 Å². The second-order valence-electron chi connectivity index (χ2n) is 5.16. The molecule has 20 heavy (non-hydrogen) atoms. The van der Waals surface area contributed by atoms with Crippen LogP contribution in [0.1, 0.15) is 39.5 Å². The van der Waals surface area contributed by atoms with E-state index in [1.165, 1.54) is 0 Å². The Kier molecular flexibility index (Phi) is 3.52. The molecule has 3 N–H and O–H groups in total. The predicted octanol–water partition coefficient (Wildman–Crippen LogP) is 2.41. The van der Waals surface area contributed by atoms with Crippen LogP contribution in [0, 0.1) is 0 Å². The normalized spacial score (nSPS) is 15.9. The first-order valence-corrected chi connectivity index (χ1v) is 6.97. The number of nitrogens with two attached hydrogens (primary N) is 1. The van der Waals surface area contributed by atoms with Crippen molar-refractivity contribution in [2.24, 2.45) is 5.73 Å². The van der Waals surface area contributed by atoms with E-state index < -0.39 is 0 Å². The van der Waals surface area contributed by atoms with E-state index in [1.807, 2.05) is 48.5 Å². The van der Waals surface area contributed by atoms with Crippen LogP contribution in [-0.2, 0) is 6.42 Å². The number of benzene rings is 2. The molecule has 1 aliphatic rings. The zero-order valence-electron chi connectivity index (χ0n) is 11.3. The van der Waals surface area contributed by atoms with Crippen molar-refractivity contribution in [1.82, 2.24) is 5.32 Å². The van der Waals surface area contributed by atoms with E-state index in [0.717, 1.165) is 41.6 Å². The van der Waals surface area contributed by atoms with Gasteiger partial charge in [0.15, 0.2) is 0 Å². The van der Waals surface area contributed by atoms with E-state index in [4.69, 9.17) is 5.73 Å². The summed E-state index contributed by atoms with van der Waals surface area (Å²) in [5, 5.41) is 2.93. The second-order valence-corrected chi connectivity index (χ2v) is 5.16. The van der Waals surface area contributed by atoms with Gasteiger partial charge in [0, 0.05) is 12.1 Å². The summed E-state index contributed by atoms with van der Waals surface area (Å²) >= 11 is 0. The summed E-state index contributed by atoms with van der Waals surface area (Å²) in [7, 11) is 0. The molecule has 2 aromatic rings. The number of nitrogens with one attached hydrogen (secondary N) is 1. The number of carbonyl (C=O) groups is 1. The average Bonchev–Trinajstić information content (AvgIpc) is 2.69. The van der Waals surface area contributed by atoms with E-state index in [0.29, 0.717) is 0 Å². The van der Waals surface area contributed by atoms with Crippen LogP contribution in [0.2, 0.25) is 0 Å². The highest BCUT2D eigenvalue weighted by Gasteiger charge is 2.17. The first-order chi connectivity index (χ1) is 9.75. The maximum absolute atomic E-state index is 12.1. The number of aryl methyl sites for hydroxylation is 1. The van der Waals surface area contributed by atoms with Crippen molar-refractivity contribution >= 4 is 5.91 Å². The second kappa shape index (κ2) is 5.47. The predicted molar refractivity (Wildman–Crippen MR) is 79.6 cm³/mol. The van der Waals surface area contributed by atoms with Crippen molar-refractivity contribution in [3.8, 4) is 0 Å². The Bertz CT molecular complexity index is 622. The summed E-state index contributed by atoms with van der Waals surface area (Å²) in [6.45, 7) is 0.744. The Morgan fingerprint density at radius 3 is 2.65 bits per heavy atom. The highest BCUT2D eigenvalue weighted by Crippen LogP contribution is 2.23. The quantitative estimate of drug-likeness (QED) is 0.877. The Morgan fingerprint density at radius 2 is 1.85 bits per heavy atom. The van der Waals surface area contributed by atoms with E-state index in [9.17, 15) is 4.79 Å². The monoisotopic (exact) mass is 266 g/mol. The number of amides is 1. The number of carbonyl (C=O) groups excluding carboxylic acids is 1. The molecule has 0 aromatic heterocycles. The molecule has 1 aliphatic heterocycles. The lowest BCUT2D eigenvalue weighted by Crippen LogP contribution is -2.23. The van der Waals surface area contributed by atoms with Crippen molar-refractivity contribution in [3.63, 3.8) is 0 Å². The molecular weight excluding hydrogens is 248 g/mol. The van der Waals surface area contributed by atoms with Gasteiger partial charge in [0.1, 0.15) is 0 Å². The molecule has 1 unspecified atom stereocenters.